The van der Waals surface area contributed by atoms with E-state index in [1.165, 1.54) is 32.1 Å². The number of carbonyl (C=O) groups excluding carboxylic acids is 1. The second-order valence-corrected chi connectivity index (χ2v) is 8.22. The molecule has 26 heavy (non-hydrogen) atoms. The van der Waals surface area contributed by atoms with Crippen molar-refractivity contribution in [3.63, 3.8) is 0 Å². The zero-order chi connectivity index (χ0) is 18.6. The highest BCUT2D eigenvalue weighted by atomic mass is 16.4. The first-order valence-corrected chi connectivity index (χ1v) is 10.1. The van der Waals surface area contributed by atoms with Gasteiger partial charge < -0.3 is 10.0 Å². The molecular weight excluding hydrogens is 326 g/mol. The van der Waals surface area contributed by atoms with Crippen LogP contribution >= 0.6 is 0 Å². The molecule has 0 radical (unpaired) electrons. The van der Waals surface area contributed by atoms with Crippen LogP contribution in [0.2, 0.25) is 0 Å². The number of rotatable bonds is 5. The number of nitrogens with zero attached hydrogens (tertiary/aromatic N) is 1. The van der Waals surface area contributed by atoms with Crippen molar-refractivity contribution in [3.8, 4) is 0 Å². The van der Waals surface area contributed by atoms with Gasteiger partial charge in [-0.15, -0.1) is 0 Å². The maximum atomic E-state index is 12.9. The Hall–Kier alpha value is -1.84. The lowest BCUT2D eigenvalue weighted by Gasteiger charge is -2.40. The minimum absolute atomic E-state index is 0.0483. The highest BCUT2D eigenvalue weighted by molar-refractivity contribution is 5.83. The summed E-state index contributed by atoms with van der Waals surface area (Å²) in [4.78, 5) is 26.8. The third-order valence-corrected chi connectivity index (χ3v) is 6.50. The second kappa shape index (κ2) is 8.24. The molecule has 0 bridgehead atoms. The van der Waals surface area contributed by atoms with Crippen molar-refractivity contribution in [1.82, 2.24) is 4.90 Å². The molecule has 3 rings (SSSR count). The molecule has 1 aliphatic heterocycles. The second-order valence-electron chi connectivity index (χ2n) is 8.22. The highest BCUT2D eigenvalue weighted by Gasteiger charge is 2.44. The number of hydrogen-bond acceptors (Lipinski definition) is 2. The summed E-state index contributed by atoms with van der Waals surface area (Å²) in [6.07, 6.45) is 8.42. The molecule has 1 heterocycles. The molecule has 0 spiro atoms. The first kappa shape index (κ1) is 18.9. The largest absolute Gasteiger partial charge is 0.481 e. The molecule has 1 atom stereocenters. The number of carboxylic acids is 1. The minimum Gasteiger partial charge on any atom is -0.481 e. The summed E-state index contributed by atoms with van der Waals surface area (Å²) in [5.41, 5.74) is -0.000155. The predicted molar refractivity (Wildman–Crippen MR) is 102 cm³/mol. The zero-order valence-corrected chi connectivity index (χ0v) is 15.8. The van der Waals surface area contributed by atoms with E-state index in [1.807, 2.05) is 42.2 Å². The molecular formula is C22H31NO3. The summed E-state index contributed by atoms with van der Waals surface area (Å²) in [5.74, 6) is 0.177. The number of hydrogen-bond donors (Lipinski definition) is 1. The Labute approximate surface area is 156 Å². The van der Waals surface area contributed by atoms with Crippen LogP contribution < -0.4 is 0 Å². The van der Waals surface area contributed by atoms with E-state index in [0.717, 1.165) is 12.0 Å². The molecule has 1 saturated carbocycles. The van der Waals surface area contributed by atoms with Crippen LogP contribution in [-0.2, 0) is 15.0 Å². The Balaban J connectivity index is 1.61. The van der Waals surface area contributed by atoms with E-state index in [9.17, 15) is 14.7 Å². The fourth-order valence-corrected chi connectivity index (χ4v) is 4.83. The normalized spacial score (nSPS) is 22.0. The van der Waals surface area contributed by atoms with Crippen LogP contribution in [0.3, 0.4) is 0 Å². The number of likely N-dealkylation sites (tertiary alicyclic amines) is 1. The van der Waals surface area contributed by atoms with Crippen molar-refractivity contribution in [2.24, 2.45) is 11.8 Å². The van der Waals surface area contributed by atoms with Crippen LogP contribution in [0.4, 0.5) is 0 Å². The van der Waals surface area contributed by atoms with Gasteiger partial charge in [0.2, 0.25) is 5.91 Å². The Morgan fingerprint density at radius 2 is 1.73 bits per heavy atom. The molecule has 1 saturated heterocycles. The van der Waals surface area contributed by atoms with Crippen LogP contribution in [-0.4, -0.2) is 35.0 Å². The van der Waals surface area contributed by atoms with Crippen LogP contribution in [0.1, 0.15) is 63.9 Å². The molecule has 4 nitrogen and oxygen atoms in total. The average Bonchev–Trinajstić information content (AvgIpc) is 2.68. The topological polar surface area (TPSA) is 57.6 Å². The van der Waals surface area contributed by atoms with Gasteiger partial charge in [-0.1, -0.05) is 69.4 Å². The summed E-state index contributed by atoms with van der Waals surface area (Å²) in [6, 6.07) is 9.49. The number of amides is 1. The lowest BCUT2D eigenvalue weighted by molar-refractivity contribution is -0.149. The molecule has 1 amide bonds. The Morgan fingerprint density at radius 1 is 1.12 bits per heavy atom. The number of carboxylic acid groups (broad SMARTS) is 1. The van der Waals surface area contributed by atoms with Crippen LogP contribution in [0.15, 0.2) is 30.3 Å². The van der Waals surface area contributed by atoms with Crippen molar-refractivity contribution in [2.75, 3.05) is 13.1 Å². The smallest absolute Gasteiger partial charge is 0.314 e. The number of benzene rings is 1. The van der Waals surface area contributed by atoms with E-state index < -0.39 is 11.4 Å². The van der Waals surface area contributed by atoms with Gasteiger partial charge in [-0.05, 0) is 30.7 Å². The van der Waals surface area contributed by atoms with Gasteiger partial charge in [0, 0.05) is 19.0 Å². The quantitative estimate of drug-likeness (QED) is 0.857. The maximum Gasteiger partial charge on any atom is 0.314 e. The van der Waals surface area contributed by atoms with E-state index in [2.05, 4.69) is 0 Å². The highest BCUT2D eigenvalue weighted by Crippen LogP contribution is 2.37. The molecule has 142 valence electrons. The van der Waals surface area contributed by atoms with Gasteiger partial charge in [-0.25, -0.2) is 0 Å². The van der Waals surface area contributed by atoms with Crippen molar-refractivity contribution in [3.05, 3.63) is 35.9 Å². The molecule has 4 heteroatoms. The van der Waals surface area contributed by atoms with Gasteiger partial charge in [0.05, 0.1) is 5.41 Å². The van der Waals surface area contributed by atoms with Crippen molar-refractivity contribution < 1.29 is 14.7 Å². The van der Waals surface area contributed by atoms with Gasteiger partial charge in [0.1, 0.15) is 0 Å². The third-order valence-electron chi connectivity index (χ3n) is 6.50. The van der Waals surface area contributed by atoms with Crippen molar-refractivity contribution in [1.29, 1.82) is 0 Å². The van der Waals surface area contributed by atoms with E-state index in [1.54, 1.807) is 0 Å². The van der Waals surface area contributed by atoms with Crippen LogP contribution in [0.25, 0.3) is 0 Å². The fraction of sp³-hybridized carbons (Fsp3) is 0.636. The number of carbonyl (C=O) groups is 2. The molecule has 1 N–H and O–H groups in total. The lowest BCUT2D eigenvalue weighted by atomic mass is 9.72. The standard InChI is InChI=1S/C22H31NO3/c1-17(16-18-8-4-2-5-9-18)20(24)23-14-12-22(13-15-23,21(25)26)19-10-6-3-7-11-19/h3,6-7,10-11,17-18H,2,4-5,8-9,12-16H2,1H3,(H,25,26). The summed E-state index contributed by atoms with van der Waals surface area (Å²) in [5, 5.41) is 9.89. The van der Waals surface area contributed by atoms with Crippen LogP contribution in [0.5, 0.6) is 0 Å². The number of piperidine rings is 1. The maximum absolute atomic E-state index is 12.9. The monoisotopic (exact) mass is 357 g/mol. The first-order chi connectivity index (χ1) is 12.5. The van der Waals surface area contributed by atoms with E-state index >= 15 is 0 Å². The van der Waals surface area contributed by atoms with Gasteiger partial charge in [-0.2, -0.15) is 0 Å². The van der Waals surface area contributed by atoms with Crippen molar-refractivity contribution in [2.45, 2.75) is 63.7 Å². The predicted octanol–water partition coefficient (Wildman–Crippen LogP) is 4.24. The minimum atomic E-state index is -0.857. The van der Waals surface area contributed by atoms with Gasteiger partial charge >= 0.3 is 5.97 Å². The molecule has 2 aliphatic rings. The van der Waals surface area contributed by atoms with Crippen molar-refractivity contribution >= 4 is 11.9 Å². The molecule has 1 aromatic rings. The molecule has 1 unspecified atom stereocenters. The van der Waals surface area contributed by atoms with Gasteiger partial charge in [0.15, 0.2) is 0 Å². The van der Waals surface area contributed by atoms with E-state index in [4.69, 9.17) is 0 Å². The fourth-order valence-electron chi connectivity index (χ4n) is 4.83. The molecule has 2 fully saturated rings. The van der Waals surface area contributed by atoms with E-state index in [0.29, 0.717) is 31.8 Å². The summed E-state index contributed by atoms with van der Waals surface area (Å²) < 4.78 is 0. The summed E-state index contributed by atoms with van der Waals surface area (Å²) in [6.45, 7) is 3.12. The SMILES string of the molecule is CC(CC1CCCCC1)C(=O)N1CCC(C(=O)O)(c2ccccc2)CC1. The zero-order valence-electron chi connectivity index (χ0n) is 15.8. The Kier molecular flexibility index (Phi) is 6.00. The summed E-state index contributed by atoms with van der Waals surface area (Å²) in [7, 11) is 0. The first-order valence-electron chi connectivity index (χ1n) is 10.1. The Bertz CT molecular complexity index is 614. The number of aliphatic carboxylic acids is 1. The summed E-state index contributed by atoms with van der Waals surface area (Å²) >= 11 is 0. The van der Waals surface area contributed by atoms with Gasteiger partial charge in [0.25, 0.3) is 0 Å². The molecule has 1 aromatic carbocycles. The Morgan fingerprint density at radius 3 is 2.31 bits per heavy atom. The van der Waals surface area contributed by atoms with E-state index in [-0.39, 0.29) is 11.8 Å². The van der Waals surface area contributed by atoms with Gasteiger partial charge in [-0.3, -0.25) is 9.59 Å². The van der Waals surface area contributed by atoms with Crippen LogP contribution in [0, 0.1) is 11.8 Å². The average molecular weight is 357 g/mol. The third kappa shape index (κ3) is 3.94. The lowest BCUT2D eigenvalue weighted by Crippen LogP contribution is -2.50. The molecule has 1 aliphatic carbocycles. The molecule has 0 aromatic heterocycles.